The van der Waals surface area contributed by atoms with Gasteiger partial charge in [0.2, 0.25) is 0 Å². The molecule has 8 nitrogen and oxygen atoms in total. The minimum Gasteiger partial charge on any atom is -0.456 e. The van der Waals surface area contributed by atoms with Crippen molar-refractivity contribution in [2.45, 2.75) is 63.0 Å². The van der Waals surface area contributed by atoms with Gasteiger partial charge >= 0.3 is 17.9 Å². The van der Waals surface area contributed by atoms with Crippen LogP contribution in [-0.2, 0) is 38.7 Å². The number of hydrogen-bond donors (Lipinski definition) is 1. The molecule has 9 heteroatoms. The molecule has 1 aromatic carbocycles. The van der Waals surface area contributed by atoms with Crippen LogP contribution in [0.4, 0.5) is 0 Å². The molecule has 2 rings (SSSR count). The fraction of sp³-hybridized carbons (Fsp3) is 0.550. The van der Waals surface area contributed by atoms with E-state index < -0.39 is 54.5 Å². The average Bonchev–Trinajstić information content (AvgIpc) is 2.64. The highest BCUT2D eigenvalue weighted by Crippen LogP contribution is 2.46. The summed E-state index contributed by atoms with van der Waals surface area (Å²) < 4.78 is 22.5. The molecule has 1 aliphatic heterocycles. The van der Waals surface area contributed by atoms with Crippen molar-refractivity contribution in [3.05, 3.63) is 35.4 Å². The Labute approximate surface area is 177 Å². The molecule has 1 saturated heterocycles. The van der Waals surface area contributed by atoms with Crippen molar-refractivity contribution in [3.63, 3.8) is 0 Å². The van der Waals surface area contributed by atoms with E-state index in [1.54, 1.807) is 19.1 Å². The molecule has 1 heterocycles. The number of aliphatic hydroxyl groups is 1. The molecule has 5 atom stereocenters. The van der Waals surface area contributed by atoms with Crippen LogP contribution in [0.1, 0.15) is 44.9 Å². The quantitative estimate of drug-likeness (QED) is 0.381. The predicted octanol–water partition coefficient (Wildman–Crippen LogP) is 2.20. The van der Waals surface area contributed by atoms with Crippen LogP contribution in [0.2, 0.25) is 0 Å². The van der Waals surface area contributed by atoms with Crippen LogP contribution in [0.5, 0.6) is 0 Å². The first-order chi connectivity index (χ1) is 13.6. The molecular formula is C20H25BrO8. The van der Waals surface area contributed by atoms with Crippen molar-refractivity contribution in [1.82, 2.24) is 0 Å². The fourth-order valence-corrected chi connectivity index (χ4v) is 4.12. The number of rotatable bonds is 6. The highest BCUT2D eigenvalue weighted by atomic mass is 79.9. The summed E-state index contributed by atoms with van der Waals surface area (Å²) in [6, 6.07) is 7.32. The summed E-state index contributed by atoms with van der Waals surface area (Å²) in [5.74, 6) is -1.94. The molecule has 1 aromatic rings. The van der Waals surface area contributed by atoms with Gasteiger partial charge in [-0.1, -0.05) is 40.2 Å². The van der Waals surface area contributed by atoms with Gasteiger partial charge in [0, 0.05) is 26.1 Å². The molecule has 1 aliphatic rings. The second-order valence-electron chi connectivity index (χ2n) is 6.95. The Hall–Kier alpha value is -1.97. The summed E-state index contributed by atoms with van der Waals surface area (Å²) in [5, 5.41) is 10.4. The van der Waals surface area contributed by atoms with Crippen LogP contribution in [0, 0.1) is 0 Å². The Morgan fingerprint density at radius 1 is 1.10 bits per heavy atom. The van der Waals surface area contributed by atoms with Crippen LogP contribution < -0.4 is 0 Å². The van der Waals surface area contributed by atoms with Gasteiger partial charge in [-0.3, -0.25) is 14.4 Å². The van der Waals surface area contributed by atoms with Gasteiger partial charge in [-0.05, 0) is 18.1 Å². The van der Waals surface area contributed by atoms with Crippen molar-refractivity contribution in [1.29, 1.82) is 0 Å². The molecule has 0 radical (unpaired) electrons. The molecule has 29 heavy (non-hydrogen) atoms. The van der Waals surface area contributed by atoms with Gasteiger partial charge < -0.3 is 24.1 Å². The highest BCUT2D eigenvalue weighted by Gasteiger charge is 2.60. The monoisotopic (exact) mass is 472 g/mol. The van der Waals surface area contributed by atoms with Crippen LogP contribution in [0.3, 0.4) is 0 Å². The minimum absolute atomic E-state index is 0.495. The number of hydrogen-bond acceptors (Lipinski definition) is 8. The first-order valence-corrected chi connectivity index (χ1v) is 10.2. The number of halogens is 1. The third-order valence-electron chi connectivity index (χ3n) is 4.68. The summed E-state index contributed by atoms with van der Waals surface area (Å²) in [4.78, 5) is 35.5. The smallest absolute Gasteiger partial charge is 0.303 e. The maximum absolute atomic E-state index is 12.0. The van der Waals surface area contributed by atoms with Crippen molar-refractivity contribution in [2.75, 3.05) is 6.61 Å². The summed E-state index contributed by atoms with van der Waals surface area (Å²) in [6.07, 6.45) is -4.26. The number of benzene rings is 1. The topological polar surface area (TPSA) is 108 Å². The summed E-state index contributed by atoms with van der Waals surface area (Å²) in [5.41, 5.74) is 0.0201. The van der Waals surface area contributed by atoms with Gasteiger partial charge in [-0.25, -0.2) is 0 Å². The Balaban J connectivity index is 2.67. The lowest BCUT2D eigenvalue weighted by molar-refractivity contribution is -0.285. The van der Waals surface area contributed by atoms with E-state index in [2.05, 4.69) is 15.9 Å². The number of carbonyl (C=O) groups excluding carboxylic acids is 3. The van der Waals surface area contributed by atoms with E-state index >= 15 is 0 Å². The predicted molar refractivity (Wildman–Crippen MR) is 105 cm³/mol. The molecule has 0 saturated carbocycles. The molecule has 1 fully saturated rings. The number of esters is 3. The van der Waals surface area contributed by atoms with Gasteiger partial charge in [-0.15, -0.1) is 0 Å². The number of aliphatic hydroxyl groups excluding tert-OH is 1. The Morgan fingerprint density at radius 2 is 1.72 bits per heavy atom. The van der Waals surface area contributed by atoms with E-state index in [1.807, 2.05) is 12.1 Å². The number of carbonyl (C=O) groups is 3. The van der Waals surface area contributed by atoms with E-state index in [0.717, 1.165) is 5.56 Å². The van der Waals surface area contributed by atoms with Crippen LogP contribution in [0.15, 0.2) is 24.3 Å². The molecule has 0 amide bonds. The molecule has 1 unspecified atom stereocenters. The van der Waals surface area contributed by atoms with Crippen LogP contribution >= 0.6 is 15.9 Å². The minimum atomic E-state index is -1.53. The first kappa shape index (κ1) is 23.3. The molecule has 0 aromatic heterocycles. The van der Waals surface area contributed by atoms with E-state index in [4.69, 9.17) is 18.9 Å². The highest BCUT2D eigenvalue weighted by molar-refractivity contribution is 9.08. The third kappa shape index (κ3) is 5.15. The van der Waals surface area contributed by atoms with Crippen LogP contribution in [-0.4, -0.2) is 53.5 Å². The standard InChI is InChI=1S/C20H25BrO8/c1-11(23)26-17-16(10-22)28-18(15-8-6-5-7-14(15)9-21)20(4,29-13(3)25)19(17)27-12(2)24/h5-8,16-19,22H,9-10H2,1-4H3/t16-,17-,18?,19+,20+/m1/s1. The molecule has 160 valence electrons. The lowest BCUT2D eigenvalue weighted by Gasteiger charge is -2.50. The second-order valence-corrected chi connectivity index (χ2v) is 7.51. The lowest BCUT2D eigenvalue weighted by Crippen LogP contribution is -2.65. The Kier molecular flexibility index (Phi) is 7.79. The third-order valence-corrected chi connectivity index (χ3v) is 5.29. The van der Waals surface area contributed by atoms with E-state index in [-0.39, 0.29) is 0 Å². The SMILES string of the molecule is CC(=O)O[C@@H]1[C@@H](CO)OC(c2ccccc2CBr)[C@](C)(OC(C)=O)[C@H]1OC(C)=O. The average molecular weight is 473 g/mol. The normalized spacial score (nSPS) is 29.0. The zero-order valence-electron chi connectivity index (χ0n) is 16.7. The molecule has 0 bridgehead atoms. The van der Waals surface area contributed by atoms with Crippen LogP contribution in [0.25, 0.3) is 0 Å². The summed E-state index contributed by atoms with van der Waals surface area (Å²) in [7, 11) is 0. The number of alkyl halides is 1. The Bertz CT molecular complexity index is 767. The van der Waals surface area contributed by atoms with E-state index in [1.165, 1.54) is 20.8 Å². The largest absolute Gasteiger partial charge is 0.456 e. The van der Waals surface area contributed by atoms with Crippen molar-refractivity contribution in [2.24, 2.45) is 0 Å². The van der Waals surface area contributed by atoms with Gasteiger partial charge in [0.25, 0.3) is 0 Å². The van der Waals surface area contributed by atoms with Gasteiger partial charge in [0.1, 0.15) is 12.2 Å². The molecular weight excluding hydrogens is 448 g/mol. The van der Waals surface area contributed by atoms with Gasteiger partial charge in [-0.2, -0.15) is 0 Å². The number of ether oxygens (including phenoxy) is 4. The zero-order valence-corrected chi connectivity index (χ0v) is 18.3. The van der Waals surface area contributed by atoms with Crippen molar-refractivity contribution < 1.29 is 38.4 Å². The van der Waals surface area contributed by atoms with Gasteiger partial charge in [0.15, 0.2) is 17.8 Å². The zero-order chi connectivity index (χ0) is 21.8. The molecule has 1 N–H and O–H groups in total. The maximum Gasteiger partial charge on any atom is 0.303 e. The maximum atomic E-state index is 12.0. The summed E-state index contributed by atoms with van der Waals surface area (Å²) in [6.45, 7) is 4.67. The van der Waals surface area contributed by atoms with E-state index in [9.17, 15) is 19.5 Å². The first-order valence-electron chi connectivity index (χ1n) is 9.08. The van der Waals surface area contributed by atoms with Crippen molar-refractivity contribution >= 4 is 33.8 Å². The fourth-order valence-electron chi connectivity index (χ4n) is 3.61. The lowest BCUT2D eigenvalue weighted by atomic mass is 9.79. The van der Waals surface area contributed by atoms with Crippen molar-refractivity contribution in [3.8, 4) is 0 Å². The Morgan fingerprint density at radius 3 is 2.24 bits per heavy atom. The van der Waals surface area contributed by atoms with Gasteiger partial charge in [0.05, 0.1) is 6.61 Å². The molecule has 0 aliphatic carbocycles. The second kappa shape index (κ2) is 9.69. The van der Waals surface area contributed by atoms with E-state index in [0.29, 0.717) is 10.9 Å². The molecule has 0 spiro atoms. The summed E-state index contributed by atoms with van der Waals surface area (Å²) >= 11 is 3.43.